The van der Waals surface area contributed by atoms with E-state index in [1.807, 2.05) is 0 Å². The number of morpholine rings is 1. The molecule has 1 aliphatic heterocycles. The van der Waals surface area contributed by atoms with Gasteiger partial charge in [-0.2, -0.15) is 0 Å². The molecule has 0 amide bonds. The lowest BCUT2D eigenvalue weighted by molar-refractivity contribution is -0.0351. The molecule has 0 unspecified atom stereocenters. The lowest BCUT2D eigenvalue weighted by Gasteiger charge is -2.32. The van der Waals surface area contributed by atoms with Gasteiger partial charge in [0.25, 0.3) is 0 Å². The second-order valence-corrected chi connectivity index (χ2v) is 6.61. The number of aryl methyl sites for hydroxylation is 1. The summed E-state index contributed by atoms with van der Waals surface area (Å²) in [6, 6.07) is 10.4. The molecule has 1 aliphatic rings. The fourth-order valence-corrected chi connectivity index (χ4v) is 3.17. The summed E-state index contributed by atoms with van der Waals surface area (Å²) in [4.78, 5) is 19.6. The van der Waals surface area contributed by atoms with Gasteiger partial charge in [-0.05, 0) is 18.6 Å². The van der Waals surface area contributed by atoms with Crippen LogP contribution in [0.1, 0.15) is 22.9 Å². The Labute approximate surface area is 158 Å². The molecule has 7 nitrogen and oxygen atoms in total. The Hall–Kier alpha value is -2.90. The molecule has 0 radical (unpaired) electrons. The summed E-state index contributed by atoms with van der Waals surface area (Å²) >= 11 is 0. The van der Waals surface area contributed by atoms with Gasteiger partial charge in [0.1, 0.15) is 6.10 Å². The Morgan fingerprint density at radius 3 is 2.93 bits per heavy atom. The van der Waals surface area contributed by atoms with Crippen molar-refractivity contribution in [3.63, 3.8) is 0 Å². The molecule has 0 saturated carbocycles. The Balaban J connectivity index is 1.44. The molecule has 0 bridgehead atoms. The second-order valence-electron chi connectivity index (χ2n) is 6.61. The fraction of sp³-hybridized carbons (Fsp3) is 0.300. The van der Waals surface area contributed by atoms with Gasteiger partial charge in [0.15, 0.2) is 5.82 Å². The van der Waals surface area contributed by atoms with Crippen LogP contribution in [-0.4, -0.2) is 44.5 Å². The number of hydrogen-bond acceptors (Lipinski definition) is 7. The number of nitrogens with one attached hydrogen (secondary N) is 1. The average molecular weight is 362 g/mol. The first-order valence-electron chi connectivity index (χ1n) is 9.02. The summed E-state index contributed by atoms with van der Waals surface area (Å²) < 4.78 is 5.96. The van der Waals surface area contributed by atoms with E-state index in [4.69, 9.17) is 4.74 Å². The van der Waals surface area contributed by atoms with Gasteiger partial charge in [-0.15, -0.1) is 0 Å². The minimum atomic E-state index is -0.102. The molecule has 3 heterocycles. The summed E-state index contributed by atoms with van der Waals surface area (Å²) in [6.07, 6.45) is 6.68. The van der Waals surface area contributed by atoms with Crippen LogP contribution in [0.25, 0.3) is 0 Å². The highest BCUT2D eigenvalue weighted by atomic mass is 16.5. The maximum Gasteiger partial charge on any atom is 0.228 e. The minimum absolute atomic E-state index is 0.102. The van der Waals surface area contributed by atoms with E-state index in [0.717, 1.165) is 25.3 Å². The predicted molar refractivity (Wildman–Crippen MR) is 102 cm³/mol. The van der Waals surface area contributed by atoms with E-state index >= 15 is 0 Å². The average Bonchev–Trinajstić information content (AvgIpc) is 2.69. The second kappa shape index (κ2) is 8.20. The number of aromatic nitrogens is 4. The van der Waals surface area contributed by atoms with E-state index in [2.05, 4.69) is 61.3 Å². The van der Waals surface area contributed by atoms with E-state index in [1.54, 1.807) is 30.9 Å². The number of hydrogen-bond donors (Lipinski definition) is 1. The van der Waals surface area contributed by atoms with Crippen LogP contribution in [0, 0.1) is 6.92 Å². The van der Waals surface area contributed by atoms with Crippen LogP contribution in [-0.2, 0) is 11.3 Å². The van der Waals surface area contributed by atoms with E-state index < -0.39 is 0 Å². The minimum Gasteiger partial charge on any atom is -0.369 e. The maximum atomic E-state index is 5.96. The number of anilines is 2. The summed E-state index contributed by atoms with van der Waals surface area (Å²) in [5, 5.41) is 3.08. The van der Waals surface area contributed by atoms with Gasteiger partial charge in [0.05, 0.1) is 24.7 Å². The molecule has 1 aromatic carbocycles. The van der Waals surface area contributed by atoms with Crippen molar-refractivity contribution in [3.8, 4) is 0 Å². The monoisotopic (exact) mass is 362 g/mol. The van der Waals surface area contributed by atoms with Crippen LogP contribution < -0.4 is 5.32 Å². The quantitative estimate of drug-likeness (QED) is 0.748. The smallest absolute Gasteiger partial charge is 0.228 e. The van der Waals surface area contributed by atoms with Crippen molar-refractivity contribution in [2.45, 2.75) is 19.6 Å². The van der Waals surface area contributed by atoms with Crippen molar-refractivity contribution in [1.82, 2.24) is 24.8 Å². The standard InChI is InChI=1S/C20H22N6O/c1-15-4-2-5-16(10-15)13-26-8-9-27-18(14-26)17-11-21-12-19(24-17)25-20-22-6-3-7-23-20/h2-7,10-12,18H,8-9,13-14H2,1H3,(H,22,23,24,25)/t18-/m0/s1. The van der Waals surface area contributed by atoms with Crippen molar-refractivity contribution in [2.75, 3.05) is 25.0 Å². The van der Waals surface area contributed by atoms with E-state index in [9.17, 15) is 0 Å². The third-order valence-electron chi connectivity index (χ3n) is 4.43. The zero-order valence-electron chi connectivity index (χ0n) is 15.2. The van der Waals surface area contributed by atoms with Crippen LogP contribution in [0.4, 0.5) is 11.8 Å². The third kappa shape index (κ3) is 4.64. The zero-order chi connectivity index (χ0) is 18.5. The Kier molecular flexibility index (Phi) is 5.32. The lowest BCUT2D eigenvalue weighted by atomic mass is 10.1. The highest BCUT2D eigenvalue weighted by molar-refractivity contribution is 5.45. The molecule has 27 heavy (non-hydrogen) atoms. The first-order valence-corrected chi connectivity index (χ1v) is 9.02. The van der Waals surface area contributed by atoms with Crippen LogP contribution in [0.5, 0.6) is 0 Å². The molecule has 0 aliphatic carbocycles. The van der Waals surface area contributed by atoms with E-state index in [-0.39, 0.29) is 6.10 Å². The molecular weight excluding hydrogens is 340 g/mol. The first-order chi connectivity index (χ1) is 13.3. The van der Waals surface area contributed by atoms with Crippen LogP contribution in [0.2, 0.25) is 0 Å². The predicted octanol–water partition coefficient (Wildman–Crippen LogP) is 2.89. The van der Waals surface area contributed by atoms with Gasteiger partial charge in [-0.25, -0.2) is 15.0 Å². The first kappa shape index (κ1) is 17.5. The zero-order valence-corrected chi connectivity index (χ0v) is 15.2. The van der Waals surface area contributed by atoms with Gasteiger partial charge in [-0.1, -0.05) is 29.8 Å². The maximum absolute atomic E-state index is 5.96. The van der Waals surface area contributed by atoms with E-state index in [1.165, 1.54) is 11.1 Å². The molecule has 2 aromatic heterocycles. The molecule has 7 heteroatoms. The molecule has 1 N–H and O–H groups in total. The normalized spacial score (nSPS) is 17.6. The lowest BCUT2D eigenvalue weighted by Crippen LogP contribution is -2.38. The molecule has 0 spiro atoms. The molecule has 138 valence electrons. The van der Waals surface area contributed by atoms with Crippen molar-refractivity contribution in [2.24, 2.45) is 0 Å². The summed E-state index contributed by atoms with van der Waals surface area (Å²) in [5.41, 5.74) is 3.41. The van der Waals surface area contributed by atoms with Gasteiger partial charge in [0, 0.05) is 32.0 Å². The largest absolute Gasteiger partial charge is 0.369 e. The van der Waals surface area contributed by atoms with Crippen molar-refractivity contribution < 1.29 is 4.74 Å². The summed E-state index contributed by atoms with van der Waals surface area (Å²) in [5.74, 6) is 1.10. The Morgan fingerprint density at radius 1 is 1.19 bits per heavy atom. The van der Waals surface area contributed by atoms with Crippen LogP contribution in [0.15, 0.2) is 55.1 Å². The molecule has 4 rings (SSSR count). The Morgan fingerprint density at radius 2 is 2.07 bits per heavy atom. The van der Waals surface area contributed by atoms with E-state index in [0.29, 0.717) is 18.4 Å². The van der Waals surface area contributed by atoms with Gasteiger partial charge in [-0.3, -0.25) is 9.88 Å². The number of ether oxygens (including phenoxy) is 1. The molecule has 1 atom stereocenters. The number of rotatable bonds is 5. The molecule has 3 aromatic rings. The third-order valence-corrected chi connectivity index (χ3v) is 4.43. The fourth-order valence-electron chi connectivity index (χ4n) is 3.17. The number of benzene rings is 1. The Bertz CT molecular complexity index is 888. The van der Waals surface area contributed by atoms with Gasteiger partial charge in [0.2, 0.25) is 5.95 Å². The van der Waals surface area contributed by atoms with Crippen LogP contribution >= 0.6 is 0 Å². The highest BCUT2D eigenvalue weighted by Gasteiger charge is 2.23. The summed E-state index contributed by atoms with van der Waals surface area (Å²) in [6.45, 7) is 5.40. The molecular formula is C20H22N6O. The van der Waals surface area contributed by atoms with Crippen LogP contribution in [0.3, 0.4) is 0 Å². The topological polar surface area (TPSA) is 76.1 Å². The van der Waals surface area contributed by atoms with Crippen molar-refractivity contribution >= 4 is 11.8 Å². The SMILES string of the molecule is Cc1cccc(CN2CCO[C@H](c3cncc(Nc4ncccn4)n3)C2)c1. The highest BCUT2D eigenvalue weighted by Crippen LogP contribution is 2.23. The molecule has 1 saturated heterocycles. The summed E-state index contributed by atoms with van der Waals surface area (Å²) in [7, 11) is 0. The van der Waals surface area contributed by atoms with Crippen molar-refractivity contribution in [3.05, 3.63) is 71.9 Å². The van der Waals surface area contributed by atoms with Crippen molar-refractivity contribution in [1.29, 1.82) is 0 Å². The van der Waals surface area contributed by atoms with Gasteiger partial charge < -0.3 is 10.1 Å². The number of nitrogens with zero attached hydrogens (tertiary/aromatic N) is 5. The molecule has 1 fully saturated rings. The van der Waals surface area contributed by atoms with Gasteiger partial charge >= 0.3 is 0 Å².